The van der Waals surface area contributed by atoms with Crippen LogP contribution in [0.2, 0.25) is 0 Å². The summed E-state index contributed by atoms with van der Waals surface area (Å²) in [7, 11) is 0. The molecule has 1 aliphatic rings. The van der Waals surface area contributed by atoms with E-state index in [9.17, 15) is 9.59 Å². The number of nitrogens with zero attached hydrogens (tertiary/aromatic N) is 4. The Morgan fingerprint density at radius 1 is 1.23 bits per heavy atom. The number of hydrogen-bond acceptors (Lipinski definition) is 6. The smallest absolute Gasteiger partial charge is 0.234 e. The number of carbonyl (C=O) groups excluding carboxylic acids is 2. The zero-order valence-electron chi connectivity index (χ0n) is 14.9. The maximum Gasteiger partial charge on any atom is 0.234 e. The first-order valence-electron chi connectivity index (χ1n) is 8.78. The summed E-state index contributed by atoms with van der Waals surface area (Å²) in [6, 6.07) is 5.71. The molecule has 0 unspecified atom stereocenters. The summed E-state index contributed by atoms with van der Waals surface area (Å²) in [6.45, 7) is 5.69. The molecule has 0 aliphatic carbocycles. The summed E-state index contributed by atoms with van der Waals surface area (Å²) >= 11 is 1.51. The standard InChI is InChI=1S/C18H23N5O2S/c1-2-19-16(24)12-22-7-9-23(10-8-22)17(25)11-14-13-26-18(21-14)15-5-3-4-6-20-15/h3-6,13H,2,7-12H2,1H3,(H,19,24). The van der Waals surface area contributed by atoms with Crippen LogP contribution >= 0.6 is 11.3 Å². The molecule has 1 fully saturated rings. The molecule has 0 spiro atoms. The second-order valence-electron chi connectivity index (χ2n) is 6.15. The summed E-state index contributed by atoms with van der Waals surface area (Å²) in [5, 5.41) is 5.56. The van der Waals surface area contributed by atoms with Crippen LogP contribution in [0.3, 0.4) is 0 Å². The van der Waals surface area contributed by atoms with Gasteiger partial charge in [0.1, 0.15) is 5.01 Å². The number of aromatic nitrogens is 2. The number of likely N-dealkylation sites (N-methyl/N-ethyl adjacent to an activating group) is 1. The number of hydrogen-bond donors (Lipinski definition) is 1. The number of carbonyl (C=O) groups is 2. The second-order valence-corrected chi connectivity index (χ2v) is 7.00. The Hall–Kier alpha value is -2.32. The first-order chi connectivity index (χ1) is 12.7. The van der Waals surface area contributed by atoms with Crippen LogP contribution in [0.5, 0.6) is 0 Å². The van der Waals surface area contributed by atoms with E-state index in [2.05, 4.69) is 20.2 Å². The molecule has 26 heavy (non-hydrogen) atoms. The maximum atomic E-state index is 12.5. The number of piperazine rings is 1. The van der Waals surface area contributed by atoms with Crippen LogP contribution in [0.25, 0.3) is 10.7 Å². The van der Waals surface area contributed by atoms with Gasteiger partial charge in [-0.15, -0.1) is 11.3 Å². The van der Waals surface area contributed by atoms with E-state index in [0.29, 0.717) is 32.6 Å². The molecule has 138 valence electrons. The Morgan fingerprint density at radius 3 is 2.73 bits per heavy atom. The highest BCUT2D eigenvalue weighted by molar-refractivity contribution is 7.13. The van der Waals surface area contributed by atoms with Crippen molar-refractivity contribution in [3.8, 4) is 10.7 Å². The SMILES string of the molecule is CCNC(=O)CN1CCN(C(=O)Cc2csc(-c3ccccn3)n2)CC1. The Balaban J connectivity index is 1.49. The molecule has 2 amide bonds. The van der Waals surface area contributed by atoms with Gasteiger partial charge in [0.25, 0.3) is 0 Å². The van der Waals surface area contributed by atoms with Crippen LogP contribution < -0.4 is 5.32 Å². The molecule has 2 aromatic rings. The van der Waals surface area contributed by atoms with Crippen LogP contribution in [0, 0.1) is 0 Å². The van der Waals surface area contributed by atoms with Gasteiger partial charge in [-0.1, -0.05) is 6.07 Å². The van der Waals surface area contributed by atoms with E-state index in [-0.39, 0.29) is 11.8 Å². The molecule has 3 rings (SSSR count). The van der Waals surface area contributed by atoms with Crippen molar-refractivity contribution in [1.29, 1.82) is 0 Å². The Kier molecular flexibility index (Phi) is 6.30. The fraction of sp³-hybridized carbons (Fsp3) is 0.444. The van der Waals surface area contributed by atoms with E-state index < -0.39 is 0 Å². The van der Waals surface area contributed by atoms with Crippen molar-refractivity contribution in [2.75, 3.05) is 39.3 Å². The van der Waals surface area contributed by atoms with Crippen molar-refractivity contribution in [3.05, 3.63) is 35.5 Å². The van der Waals surface area contributed by atoms with Gasteiger partial charge in [-0.3, -0.25) is 19.5 Å². The highest BCUT2D eigenvalue weighted by atomic mass is 32.1. The minimum Gasteiger partial charge on any atom is -0.355 e. The molecule has 1 N–H and O–H groups in total. The molecule has 8 heteroatoms. The van der Waals surface area contributed by atoms with E-state index in [1.165, 1.54) is 11.3 Å². The van der Waals surface area contributed by atoms with Crippen LogP contribution in [0.1, 0.15) is 12.6 Å². The summed E-state index contributed by atoms with van der Waals surface area (Å²) < 4.78 is 0. The molecule has 1 aliphatic heterocycles. The lowest BCUT2D eigenvalue weighted by Gasteiger charge is -2.34. The normalized spacial score (nSPS) is 15.0. The molecule has 0 bridgehead atoms. The van der Waals surface area contributed by atoms with Gasteiger partial charge in [-0.25, -0.2) is 4.98 Å². The monoisotopic (exact) mass is 373 g/mol. The Labute approximate surface area is 157 Å². The molecule has 0 radical (unpaired) electrons. The zero-order valence-corrected chi connectivity index (χ0v) is 15.7. The molecule has 0 aromatic carbocycles. The van der Waals surface area contributed by atoms with Crippen LogP contribution in [0.4, 0.5) is 0 Å². The van der Waals surface area contributed by atoms with Crippen LogP contribution in [-0.4, -0.2) is 70.9 Å². The van der Waals surface area contributed by atoms with E-state index in [0.717, 1.165) is 29.5 Å². The molecular formula is C18H23N5O2S. The van der Waals surface area contributed by atoms with Crippen molar-refractivity contribution in [1.82, 2.24) is 25.1 Å². The van der Waals surface area contributed by atoms with E-state index in [4.69, 9.17) is 0 Å². The third kappa shape index (κ3) is 4.86. The maximum absolute atomic E-state index is 12.5. The largest absolute Gasteiger partial charge is 0.355 e. The average Bonchev–Trinajstić information content (AvgIpc) is 3.12. The number of nitrogens with one attached hydrogen (secondary N) is 1. The topological polar surface area (TPSA) is 78.4 Å². The molecule has 7 nitrogen and oxygen atoms in total. The molecule has 3 heterocycles. The number of thiazole rings is 1. The van der Waals surface area contributed by atoms with Gasteiger partial charge in [0.05, 0.1) is 24.4 Å². The van der Waals surface area contributed by atoms with Gasteiger partial charge in [0, 0.05) is 44.3 Å². The first-order valence-corrected chi connectivity index (χ1v) is 9.66. The van der Waals surface area contributed by atoms with Gasteiger partial charge < -0.3 is 10.2 Å². The summed E-state index contributed by atoms with van der Waals surface area (Å²) in [5.41, 5.74) is 1.61. The molecule has 0 saturated carbocycles. The van der Waals surface area contributed by atoms with Gasteiger partial charge in [-0.05, 0) is 19.1 Å². The van der Waals surface area contributed by atoms with Crippen molar-refractivity contribution >= 4 is 23.2 Å². The minimum absolute atomic E-state index is 0.0387. The molecule has 2 aromatic heterocycles. The Morgan fingerprint density at radius 2 is 2.04 bits per heavy atom. The second kappa shape index (κ2) is 8.86. The molecule has 0 atom stereocenters. The van der Waals surface area contributed by atoms with E-state index in [1.54, 1.807) is 6.20 Å². The van der Waals surface area contributed by atoms with E-state index >= 15 is 0 Å². The highest BCUT2D eigenvalue weighted by Gasteiger charge is 2.23. The van der Waals surface area contributed by atoms with Gasteiger partial charge >= 0.3 is 0 Å². The van der Waals surface area contributed by atoms with Crippen molar-refractivity contribution in [2.45, 2.75) is 13.3 Å². The predicted octanol–water partition coefficient (Wildman–Crippen LogP) is 1.03. The van der Waals surface area contributed by atoms with Gasteiger partial charge in [0.15, 0.2) is 0 Å². The lowest BCUT2D eigenvalue weighted by molar-refractivity contribution is -0.132. The third-order valence-corrected chi connectivity index (χ3v) is 5.15. The van der Waals surface area contributed by atoms with Crippen LogP contribution in [0.15, 0.2) is 29.8 Å². The summed E-state index contributed by atoms with van der Waals surface area (Å²) in [6.07, 6.45) is 2.04. The lowest BCUT2D eigenvalue weighted by Crippen LogP contribution is -2.51. The predicted molar refractivity (Wildman–Crippen MR) is 101 cm³/mol. The Bertz CT molecular complexity index is 741. The third-order valence-electron chi connectivity index (χ3n) is 4.23. The first kappa shape index (κ1) is 18.5. The number of pyridine rings is 1. The van der Waals surface area contributed by atoms with Crippen molar-refractivity contribution < 1.29 is 9.59 Å². The summed E-state index contributed by atoms with van der Waals surface area (Å²) in [4.78, 5) is 36.9. The lowest BCUT2D eigenvalue weighted by atomic mass is 10.2. The molecule has 1 saturated heterocycles. The minimum atomic E-state index is 0.0387. The quantitative estimate of drug-likeness (QED) is 0.818. The van der Waals surface area contributed by atoms with Gasteiger partial charge in [-0.2, -0.15) is 0 Å². The fourth-order valence-electron chi connectivity index (χ4n) is 2.87. The van der Waals surface area contributed by atoms with Gasteiger partial charge in [0.2, 0.25) is 11.8 Å². The summed E-state index contributed by atoms with van der Waals surface area (Å²) in [5.74, 6) is 0.123. The van der Waals surface area contributed by atoms with Crippen LogP contribution in [-0.2, 0) is 16.0 Å². The number of rotatable bonds is 6. The van der Waals surface area contributed by atoms with Crippen molar-refractivity contribution in [3.63, 3.8) is 0 Å². The fourth-order valence-corrected chi connectivity index (χ4v) is 3.67. The average molecular weight is 373 g/mol. The number of amides is 2. The highest BCUT2D eigenvalue weighted by Crippen LogP contribution is 2.21. The zero-order chi connectivity index (χ0) is 18.4. The van der Waals surface area contributed by atoms with Crippen molar-refractivity contribution in [2.24, 2.45) is 0 Å². The van der Waals surface area contributed by atoms with E-state index in [1.807, 2.05) is 35.4 Å². The molecular weight excluding hydrogens is 350 g/mol.